The quantitative estimate of drug-likeness (QED) is 0.595. The van der Waals surface area contributed by atoms with E-state index in [1.165, 1.54) is 23.1 Å². The Kier molecular flexibility index (Phi) is 8.45. The molecule has 10 heteroatoms. The normalized spacial score (nSPS) is 16.5. The van der Waals surface area contributed by atoms with Gasteiger partial charge in [-0.2, -0.15) is 0 Å². The highest BCUT2D eigenvalue weighted by molar-refractivity contribution is 6.31. The van der Waals surface area contributed by atoms with Crippen molar-refractivity contribution < 1.29 is 28.2 Å². The lowest BCUT2D eigenvalue weighted by Crippen LogP contribution is -2.57. The number of ether oxygens (including phenoxy) is 2. The van der Waals surface area contributed by atoms with Gasteiger partial charge >= 0.3 is 6.09 Å². The molecule has 1 heterocycles. The number of hydrogen-bond acceptors (Lipinski definition) is 5. The first-order valence-electron chi connectivity index (χ1n) is 11.6. The van der Waals surface area contributed by atoms with Gasteiger partial charge in [0.1, 0.15) is 35.9 Å². The van der Waals surface area contributed by atoms with Crippen LogP contribution in [0.25, 0.3) is 0 Å². The predicted molar refractivity (Wildman–Crippen MR) is 135 cm³/mol. The number of halogens is 2. The van der Waals surface area contributed by atoms with E-state index in [2.05, 4.69) is 10.6 Å². The zero-order valence-corrected chi connectivity index (χ0v) is 21.7. The Bertz CT molecular complexity index is 1130. The monoisotopic (exact) mass is 519 g/mol. The highest BCUT2D eigenvalue weighted by Crippen LogP contribution is 2.33. The van der Waals surface area contributed by atoms with E-state index >= 15 is 0 Å². The molecule has 2 aromatic rings. The molecule has 0 aromatic heterocycles. The van der Waals surface area contributed by atoms with Crippen molar-refractivity contribution in [3.05, 3.63) is 58.9 Å². The molecule has 0 bridgehead atoms. The Balaban J connectivity index is 1.85. The molecule has 194 valence electrons. The number of fused-ring (bicyclic) bond motifs is 1. The molecule has 0 spiro atoms. The Hall–Kier alpha value is -3.33. The van der Waals surface area contributed by atoms with Crippen LogP contribution in [0.2, 0.25) is 5.02 Å². The van der Waals surface area contributed by atoms with Crippen molar-refractivity contribution >= 4 is 35.2 Å². The van der Waals surface area contributed by atoms with Crippen molar-refractivity contribution in [1.29, 1.82) is 0 Å². The molecule has 2 atom stereocenters. The number of carbonyl (C=O) groups excluding carboxylic acids is 3. The van der Waals surface area contributed by atoms with Crippen molar-refractivity contribution in [1.82, 2.24) is 10.6 Å². The summed E-state index contributed by atoms with van der Waals surface area (Å²) < 4.78 is 24.9. The zero-order valence-electron chi connectivity index (χ0n) is 20.9. The van der Waals surface area contributed by atoms with Crippen LogP contribution in [0, 0.1) is 5.82 Å². The molecule has 2 N–H and O–H groups in total. The summed E-state index contributed by atoms with van der Waals surface area (Å²) in [4.78, 5) is 40.8. The third-order valence-corrected chi connectivity index (χ3v) is 5.71. The fourth-order valence-electron chi connectivity index (χ4n) is 3.78. The summed E-state index contributed by atoms with van der Waals surface area (Å²) in [5.41, 5.74) is 0.262. The highest BCUT2D eigenvalue weighted by Gasteiger charge is 2.36. The van der Waals surface area contributed by atoms with Gasteiger partial charge in [0.2, 0.25) is 5.91 Å². The molecule has 1 unspecified atom stereocenters. The minimum atomic E-state index is -1.09. The molecule has 36 heavy (non-hydrogen) atoms. The number of benzene rings is 2. The Labute approximate surface area is 215 Å². The van der Waals surface area contributed by atoms with Crippen molar-refractivity contribution in [2.24, 2.45) is 0 Å². The maximum absolute atomic E-state index is 13.8. The maximum atomic E-state index is 13.8. The number of rotatable bonds is 6. The van der Waals surface area contributed by atoms with E-state index in [-0.39, 0.29) is 24.8 Å². The van der Waals surface area contributed by atoms with Crippen LogP contribution >= 0.6 is 11.6 Å². The van der Waals surface area contributed by atoms with Gasteiger partial charge in [0, 0.05) is 23.6 Å². The van der Waals surface area contributed by atoms with Crippen LogP contribution < -0.4 is 20.3 Å². The van der Waals surface area contributed by atoms with Gasteiger partial charge < -0.3 is 25.0 Å². The molecule has 8 nitrogen and oxygen atoms in total. The van der Waals surface area contributed by atoms with Gasteiger partial charge in [0.05, 0.1) is 5.69 Å². The highest BCUT2D eigenvalue weighted by atomic mass is 35.5. The second-order valence-electron chi connectivity index (χ2n) is 9.78. The van der Waals surface area contributed by atoms with Gasteiger partial charge in [-0.3, -0.25) is 9.59 Å². The Morgan fingerprint density at radius 3 is 2.56 bits per heavy atom. The lowest BCUT2D eigenvalue weighted by molar-refractivity contribution is -0.129. The largest absolute Gasteiger partial charge is 0.489 e. The summed E-state index contributed by atoms with van der Waals surface area (Å²) in [7, 11) is 0. The lowest BCUT2D eigenvalue weighted by Gasteiger charge is -2.29. The average molecular weight is 520 g/mol. The van der Waals surface area contributed by atoms with E-state index in [0.717, 1.165) is 0 Å². The minimum Gasteiger partial charge on any atom is -0.489 e. The molecule has 1 aliphatic rings. The van der Waals surface area contributed by atoms with E-state index in [0.29, 0.717) is 16.3 Å². The summed E-state index contributed by atoms with van der Waals surface area (Å²) in [5, 5.41) is 5.70. The number of hydrogen-bond donors (Lipinski definition) is 2. The molecule has 0 saturated heterocycles. The van der Waals surface area contributed by atoms with Crippen molar-refractivity contribution in [2.45, 2.75) is 64.8 Å². The molecule has 0 radical (unpaired) electrons. The zero-order chi connectivity index (χ0) is 26.6. The summed E-state index contributed by atoms with van der Waals surface area (Å²) in [6.45, 7) is 8.52. The summed E-state index contributed by atoms with van der Waals surface area (Å²) >= 11 is 6.28. The van der Waals surface area contributed by atoms with Crippen LogP contribution in [-0.2, 0) is 20.7 Å². The molecule has 0 saturated carbocycles. The second kappa shape index (κ2) is 11.2. The molecular formula is C26H31ClFN3O5. The number of amides is 3. The van der Waals surface area contributed by atoms with Crippen LogP contribution in [-0.4, -0.2) is 48.2 Å². The van der Waals surface area contributed by atoms with Crippen molar-refractivity contribution in [3.8, 4) is 5.75 Å². The number of nitrogens with one attached hydrogen (secondary N) is 2. The predicted octanol–water partition coefficient (Wildman–Crippen LogP) is 4.23. The smallest absolute Gasteiger partial charge is 0.408 e. The first kappa shape index (κ1) is 27.3. The van der Waals surface area contributed by atoms with Gasteiger partial charge in [-0.25, -0.2) is 9.18 Å². The maximum Gasteiger partial charge on any atom is 0.408 e. The minimum absolute atomic E-state index is 0.0614. The van der Waals surface area contributed by atoms with Gasteiger partial charge in [-0.05, 0) is 58.4 Å². The average Bonchev–Trinajstić information content (AvgIpc) is 2.89. The summed E-state index contributed by atoms with van der Waals surface area (Å²) in [6, 6.07) is 8.39. The first-order chi connectivity index (χ1) is 16.9. The van der Waals surface area contributed by atoms with E-state index in [9.17, 15) is 18.8 Å². The number of alkyl carbamates (subject to hydrolysis) is 1. The van der Waals surface area contributed by atoms with E-state index in [1.54, 1.807) is 58.9 Å². The van der Waals surface area contributed by atoms with Crippen LogP contribution in [0.4, 0.5) is 14.9 Å². The second-order valence-corrected chi connectivity index (χ2v) is 10.2. The number of nitrogens with zero attached hydrogens (tertiary/aromatic N) is 1. The fourth-order valence-corrected chi connectivity index (χ4v) is 4.00. The van der Waals surface area contributed by atoms with Crippen LogP contribution in [0.5, 0.6) is 5.75 Å². The topological polar surface area (TPSA) is 97.0 Å². The molecule has 0 fully saturated rings. The van der Waals surface area contributed by atoms with Crippen LogP contribution in [0.1, 0.15) is 40.2 Å². The molecule has 2 aromatic carbocycles. The summed E-state index contributed by atoms with van der Waals surface area (Å²) in [6.07, 6.45) is -0.726. The van der Waals surface area contributed by atoms with E-state index in [1.807, 2.05) is 0 Å². The molecule has 3 amide bonds. The molecular weight excluding hydrogens is 489 g/mol. The van der Waals surface area contributed by atoms with Gasteiger partial charge in [-0.1, -0.05) is 29.8 Å². The SMILES string of the molecule is CC(C)N1C(=O)C(NC(=O)[C@@H](Cc2ccccc2Cl)NC(=O)OC(C)(C)C)COc2cc(F)ccc21. The van der Waals surface area contributed by atoms with Gasteiger partial charge in [0.15, 0.2) is 0 Å². The fraction of sp³-hybridized carbons (Fsp3) is 0.423. The van der Waals surface area contributed by atoms with Crippen molar-refractivity contribution in [3.63, 3.8) is 0 Å². The standard InChI is InChI=1S/C26H31ClFN3O5/c1-15(2)31-21-11-10-17(28)13-22(21)35-14-20(24(31)33)29-23(32)19(30-25(34)36-26(3,4)5)12-16-8-6-7-9-18(16)27/h6-11,13,15,19-20H,12,14H2,1-5H3,(H,29,32)(H,30,34)/t19-,20?/m1/s1. The Morgan fingerprint density at radius 2 is 1.92 bits per heavy atom. The molecule has 1 aliphatic heterocycles. The van der Waals surface area contributed by atoms with E-state index in [4.69, 9.17) is 21.1 Å². The molecule has 3 rings (SSSR count). The number of carbonyl (C=O) groups is 3. The van der Waals surface area contributed by atoms with E-state index < -0.39 is 41.4 Å². The third kappa shape index (κ3) is 6.87. The first-order valence-corrected chi connectivity index (χ1v) is 12.0. The molecule has 0 aliphatic carbocycles. The summed E-state index contributed by atoms with van der Waals surface area (Å²) in [5.74, 6) is -1.34. The van der Waals surface area contributed by atoms with Crippen LogP contribution in [0.3, 0.4) is 0 Å². The Morgan fingerprint density at radius 1 is 1.22 bits per heavy atom. The number of anilines is 1. The van der Waals surface area contributed by atoms with Crippen molar-refractivity contribution in [2.75, 3.05) is 11.5 Å². The van der Waals surface area contributed by atoms with Gasteiger partial charge in [0.25, 0.3) is 5.91 Å². The van der Waals surface area contributed by atoms with Gasteiger partial charge in [-0.15, -0.1) is 0 Å². The lowest BCUT2D eigenvalue weighted by atomic mass is 10.0. The third-order valence-electron chi connectivity index (χ3n) is 5.34. The van der Waals surface area contributed by atoms with Crippen LogP contribution in [0.15, 0.2) is 42.5 Å².